The number of carbonyl (C=O) groups excluding carboxylic acids is 1. The van der Waals surface area contributed by atoms with Crippen LogP contribution in [-0.4, -0.2) is 51.1 Å². The van der Waals surface area contributed by atoms with Gasteiger partial charge in [-0.1, -0.05) is 24.2 Å². The first-order valence-electron chi connectivity index (χ1n) is 14.8. The molecule has 2 aromatic heterocycles. The molecule has 2 heterocycles. The van der Waals surface area contributed by atoms with Gasteiger partial charge in [0.1, 0.15) is 0 Å². The van der Waals surface area contributed by atoms with Crippen molar-refractivity contribution in [3.8, 4) is 11.4 Å². The SMILES string of the molecule is CCCN(CCC1CCC(NC(=O)c2ccc(-c3noc(C4CC4)n3)cc2)CC1)[C@@H]1CCc2nc(N)sc2C1. The Balaban J connectivity index is 0.951. The third-order valence-electron chi connectivity index (χ3n) is 8.74. The molecule has 0 saturated heterocycles. The molecule has 0 aliphatic heterocycles. The van der Waals surface area contributed by atoms with E-state index in [1.165, 1.54) is 49.2 Å². The molecule has 0 bridgehead atoms. The van der Waals surface area contributed by atoms with Gasteiger partial charge < -0.3 is 20.5 Å². The maximum absolute atomic E-state index is 12.9. The smallest absolute Gasteiger partial charge is 0.251 e. The Hall–Kier alpha value is -2.78. The van der Waals surface area contributed by atoms with E-state index in [0.717, 1.165) is 67.6 Å². The summed E-state index contributed by atoms with van der Waals surface area (Å²) in [6.45, 7) is 4.61. The second-order valence-electron chi connectivity index (χ2n) is 11.6. The van der Waals surface area contributed by atoms with Crippen LogP contribution in [0, 0.1) is 5.92 Å². The summed E-state index contributed by atoms with van der Waals surface area (Å²) in [5.74, 6) is 2.51. The molecule has 3 aliphatic carbocycles. The highest BCUT2D eigenvalue weighted by atomic mass is 32.1. The number of hydrogen-bond donors (Lipinski definition) is 2. The summed E-state index contributed by atoms with van der Waals surface area (Å²) in [4.78, 5) is 26.1. The van der Waals surface area contributed by atoms with Gasteiger partial charge in [-0.2, -0.15) is 4.98 Å². The standard InChI is InChI=1S/C30H40N6O2S/c1-2-16-36(24-13-14-25-26(18-24)39-30(31)33-25)17-15-19-3-11-23(12-4-19)32-28(37)21-7-5-20(6-8-21)27-34-29(38-35-27)22-9-10-22/h5-8,19,22-24H,2-4,9-18H2,1H3,(H2,31,33)(H,32,37)/t19?,23?,24-/m1/s1. The lowest BCUT2D eigenvalue weighted by atomic mass is 9.83. The number of amides is 1. The third kappa shape index (κ3) is 6.35. The average Bonchev–Trinajstić information content (AvgIpc) is 3.56. The summed E-state index contributed by atoms with van der Waals surface area (Å²) >= 11 is 1.68. The average molecular weight is 549 g/mol. The van der Waals surface area contributed by atoms with Crippen molar-refractivity contribution in [2.75, 3.05) is 18.8 Å². The largest absolute Gasteiger partial charge is 0.375 e. The van der Waals surface area contributed by atoms with Crippen LogP contribution in [0.2, 0.25) is 0 Å². The number of nitrogens with one attached hydrogen (secondary N) is 1. The van der Waals surface area contributed by atoms with Crippen LogP contribution in [0.15, 0.2) is 28.8 Å². The maximum Gasteiger partial charge on any atom is 0.251 e. The zero-order valence-electron chi connectivity index (χ0n) is 22.9. The summed E-state index contributed by atoms with van der Waals surface area (Å²) in [5.41, 5.74) is 8.76. The van der Waals surface area contributed by atoms with Gasteiger partial charge in [0.15, 0.2) is 5.13 Å². The second kappa shape index (κ2) is 11.8. The molecular weight excluding hydrogens is 508 g/mol. The van der Waals surface area contributed by atoms with Crippen LogP contribution in [0.5, 0.6) is 0 Å². The summed E-state index contributed by atoms with van der Waals surface area (Å²) in [5, 5.41) is 8.09. The number of aromatic nitrogens is 3. The van der Waals surface area contributed by atoms with Crippen LogP contribution >= 0.6 is 11.3 Å². The van der Waals surface area contributed by atoms with Gasteiger partial charge in [0.05, 0.1) is 5.69 Å². The lowest BCUT2D eigenvalue weighted by molar-refractivity contribution is 0.0918. The van der Waals surface area contributed by atoms with Crippen LogP contribution < -0.4 is 11.1 Å². The van der Waals surface area contributed by atoms with Crippen molar-refractivity contribution in [1.29, 1.82) is 0 Å². The molecule has 2 saturated carbocycles. The molecular formula is C30H40N6O2S. The predicted molar refractivity (Wildman–Crippen MR) is 154 cm³/mol. The minimum Gasteiger partial charge on any atom is -0.375 e. The fourth-order valence-corrected chi connectivity index (χ4v) is 7.23. The molecule has 1 aromatic carbocycles. The Labute approximate surface area is 234 Å². The van der Waals surface area contributed by atoms with E-state index < -0.39 is 0 Å². The van der Waals surface area contributed by atoms with Gasteiger partial charge in [0.25, 0.3) is 5.91 Å². The summed E-state index contributed by atoms with van der Waals surface area (Å²) < 4.78 is 5.37. The number of carbonyl (C=O) groups is 1. The van der Waals surface area contributed by atoms with Gasteiger partial charge in [-0.15, -0.1) is 11.3 Å². The number of thiazole rings is 1. The lowest BCUT2D eigenvalue weighted by Gasteiger charge is -2.36. The zero-order chi connectivity index (χ0) is 26.8. The molecule has 0 radical (unpaired) electrons. The van der Waals surface area contributed by atoms with Crippen LogP contribution in [0.1, 0.15) is 97.4 Å². The summed E-state index contributed by atoms with van der Waals surface area (Å²) in [7, 11) is 0. The van der Waals surface area contributed by atoms with Gasteiger partial charge in [0.2, 0.25) is 11.7 Å². The first-order chi connectivity index (χ1) is 19.1. The number of rotatable bonds is 10. The van der Waals surface area contributed by atoms with E-state index in [-0.39, 0.29) is 11.9 Å². The van der Waals surface area contributed by atoms with Crippen molar-refractivity contribution < 1.29 is 9.32 Å². The molecule has 1 amide bonds. The van der Waals surface area contributed by atoms with Crippen molar-refractivity contribution in [1.82, 2.24) is 25.3 Å². The van der Waals surface area contributed by atoms with E-state index in [0.29, 0.717) is 23.3 Å². The Bertz CT molecular complexity index is 1260. The number of nitrogens with zero attached hydrogens (tertiary/aromatic N) is 4. The molecule has 6 rings (SSSR count). The molecule has 39 heavy (non-hydrogen) atoms. The van der Waals surface area contributed by atoms with E-state index in [9.17, 15) is 4.79 Å². The lowest BCUT2D eigenvalue weighted by Crippen LogP contribution is -2.41. The van der Waals surface area contributed by atoms with E-state index in [1.54, 1.807) is 11.3 Å². The predicted octanol–water partition coefficient (Wildman–Crippen LogP) is 5.60. The molecule has 0 spiro atoms. The molecule has 1 atom stereocenters. The van der Waals surface area contributed by atoms with E-state index in [2.05, 4.69) is 32.3 Å². The number of anilines is 1. The Kier molecular flexibility index (Phi) is 7.97. The number of fused-ring (bicyclic) bond motifs is 1. The zero-order valence-corrected chi connectivity index (χ0v) is 23.7. The quantitative estimate of drug-likeness (QED) is 0.339. The van der Waals surface area contributed by atoms with Crippen LogP contribution in [0.4, 0.5) is 5.13 Å². The minimum absolute atomic E-state index is 0.00581. The van der Waals surface area contributed by atoms with Crippen LogP contribution in [-0.2, 0) is 12.8 Å². The molecule has 0 unspecified atom stereocenters. The Morgan fingerprint density at radius 2 is 1.87 bits per heavy atom. The highest BCUT2D eigenvalue weighted by molar-refractivity contribution is 7.15. The molecule has 208 valence electrons. The Morgan fingerprint density at radius 3 is 2.62 bits per heavy atom. The van der Waals surface area contributed by atoms with Crippen molar-refractivity contribution in [3.63, 3.8) is 0 Å². The van der Waals surface area contributed by atoms with Crippen molar-refractivity contribution in [2.45, 2.75) is 95.6 Å². The molecule has 9 heteroatoms. The van der Waals surface area contributed by atoms with Gasteiger partial charge in [0, 0.05) is 34.0 Å². The van der Waals surface area contributed by atoms with Crippen LogP contribution in [0.25, 0.3) is 11.4 Å². The number of nitrogens with two attached hydrogens (primary N) is 1. The maximum atomic E-state index is 12.9. The third-order valence-corrected chi connectivity index (χ3v) is 9.69. The van der Waals surface area contributed by atoms with E-state index in [1.807, 2.05) is 24.3 Å². The number of aryl methyl sites for hydroxylation is 1. The first-order valence-corrected chi connectivity index (χ1v) is 15.6. The van der Waals surface area contributed by atoms with Gasteiger partial charge in [-0.05, 0) is 102 Å². The Morgan fingerprint density at radius 1 is 1.08 bits per heavy atom. The second-order valence-corrected chi connectivity index (χ2v) is 12.8. The molecule has 8 nitrogen and oxygen atoms in total. The fourth-order valence-electron chi connectivity index (χ4n) is 6.29. The van der Waals surface area contributed by atoms with Crippen molar-refractivity contribution in [3.05, 3.63) is 46.3 Å². The highest BCUT2D eigenvalue weighted by Crippen LogP contribution is 2.39. The summed E-state index contributed by atoms with van der Waals surface area (Å²) in [6, 6.07) is 8.41. The van der Waals surface area contributed by atoms with Gasteiger partial charge in [-0.25, -0.2) is 4.98 Å². The van der Waals surface area contributed by atoms with Crippen molar-refractivity contribution >= 4 is 22.4 Å². The topological polar surface area (TPSA) is 110 Å². The molecule has 3 aliphatic rings. The number of hydrogen-bond acceptors (Lipinski definition) is 8. The number of benzene rings is 1. The molecule has 3 N–H and O–H groups in total. The van der Waals surface area contributed by atoms with E-state index >= 15 is 0 Å². The van der Waals surface area contributed by atoms with Gasteiger partial charge in [-0.3, -0.25) is 4.79 Å². The first kappa shape index (κ1) is 26.4. The minimum atomic E-state index is 0.00581. The van der Waals surface area contributed by atoms with E-state index in [4.69, 9.17) is 10.3 Å². The normalized spacial score (nSPS) is 23.1. The fraction of sp³-hybridized carbons (Fsp3) is 0.600. The number of nitrogen functional groups attached to an aromatic ring is 1. The summed E-state index contributed by atoms with van der Waals surface area (Å²) in [6.07, 6.45) is 12.5. The van der Waals surface area contributed by atoms with Crippen molar-refractivity contribution in [2.24, 2.45) is 5.92 Å². The monoisotopic (exact) mass is 548 g/mol. The van der Waals surface area contributed by atoms with Crippen LogP contribution in [0.3, 0.4) is 0 Å². The highest BCUT2D eigenvalue weighted by Gasteiger charge is 2.30. The molecule has 2 fully saturated rings. The molecule has 3 aromatic rings. The van der Waals surface area contributed by atoms with Gasteiger partial charge >= 0.3 is 0 Å².